The maximum atomic E-state index is 13.6. The maximum Gasteiger partial charge on any atom is 0.129 e. The van der Waals surface area contributed by atoms with Crippen molar-refractivity contribution in [1.29, 1.82) is 0 Å². The third-order valence-electron chi connectivity index (χ3n) is 3.00. The summed E-state index contributed by atoms with van der Waals surface area (Å²) in [6, 6.07) is 3.60. The molecule has 0 radical (unpaired) electrons. The molecule has 1 heterocycles. The molecule has 0 saturated heterocycles. The van der Waals surface area contributed by atoms with Gasteiger partial charge in [0.25, 0.3) is 0 Å². The van der Waals surface area contributed by atoms with Gasteiger partial charge in [0.15, 0.2) is 0 Å². The summed E-state index contributed by atoms with van der Waals surface area (Å²) in [7, 11) is 3.69. The zero-order valence-corrected chi connectivity index (χ0v) is 10.3. The third kappa shape index (κ3) is 2.56. The van der Waals surface area contributed by atoms with Gasteiger partial charge >= 0.3 is 0 Å². The predicted molar refractivity (Wildman–Crippen MR) is 65.1 cm³/mol. The smallest absolute Gasteiger partial charge is 0.129 e. The summed E-state index contributed by atoms with van der Waals surface area (Å²) in [5.74, 6) is -1.07. The number of nitrogens with one attached hydrogen (secondary N) is 1. The maximum absolute atomic E-state index is 13.6. The highest BCUT2D eigenvalue weighted by Gasteiger charge is 2.15. The fourth-order valence-corrected chi connectivity index (χ4v) is 1.96. The van der Waals surface area contributed by atoms with Crippen LogP contribution in [0.4, 0.5) is 8.78 Å². The molecule has 1 atom stereocenters. The topological polar surface area (TPSA) is 29.9 Å². The molecule has 1 aromatic heterocycles. The molecule has 3 nitrogen and oxygen atoms in total. The minimum absolute atomic E-state index is 0.0579. The summed E-state index contributed by atoms with van der Waals surface area (Å²) in [5.41, 5.74) is 1.44. The number of imidazole rings is 1. The number of rotatable bonds is 4. The van der Waals surface area contributed by atoms with Gasteiger partial charge in [-0.2, -0.15) is 0 Å². The van der Waals surface area contributed by atoms with Crippen molar-refractivity contribution in [2.45, 2.75) is 12.5 Å². The van der Waals surface area contributed by atoms with E-state index >= 15 is 0 Å². The van der Waals surface area contributed by atoms with Crippen LogP contribution >= 0.6 is 0 Å². The second kappa shape index (κ2) is 5.27. The molecule has 0 amide bonds. The molecule has 96 valence electrons. The Balaban J connectivity index is 2.23. The van der Waals surface area contributed by atoms with Crippen LogP contribution < -0.4 is 5.32 Å². The molecule has 1 unspecified atom stereocenters. The molecule has 0 bridgehead atoms. The Kier molecular flexibility index (Phi) is 3.72. The standard InChI is InChI=1S/C13H15F2N3/c1-16-12(13-7-17-8-18(13)2)5-9-3-4-10(14)6-11(9)15/h3-4,6-8,12,16H,5H2,1-2H3. The molecule has 0 aliphatic heterocycles. The summed E-state index contributed by atoms with van der Waals surface area (Å²) in [5, 5.41) is 3.11. The van der Waals surface area contributed by atoms with Crippen molar-refractivity contribution in [3.05, 3.63) is 53.6 Å². The second-order valence-corrected chi connectivity index (χ2v) is 4.21. The fourth-order valence-electron chi connectivity index (χ4n) is 1.96. The van der Waals surface area contributed by atoms with E-state index in [1.54, 1.807) is 19.6 Å². The van der Waals surface area contributed by atoms with Gasteiger partial charge in [-0.3, -0.25) is 0 Å². The molecule has 0 aliphatic rings. The quantitative estimate of drug-likeness (QED) is 0.902. The van der Waals surface area contributed by atoms with E-state index in [0.29, 0.717) is 12.0 Å². The average Bonchev–Trinajstić information content (AvgIpc) is 2.75. The van der Waals surface area contributed by atoms with Crippen LogP contribution in [0.3, 0.4) is 0 Å². The molecule has 0 aliphatic carbocycles. The van der Waals surface area contributed by atoms with Crippen LogP contribution in [0, 0.1) is 11.6 Å². The molecule has 1 N–H and O–H groups in total. The highest BCUT2D eigenvalue weighted by Crippen LogP contribution is 2.19. The van der Waals surface area contributed by atoms with Gasteiger partial charge in [-0.1, -0.05) is 6.07 Å². The molecule has 0 spiro atoms. The van der Waals surface area contributed by atoms with Gasteiger partial charge in [0.1, 0.15) is 11.6 Å². The second-order valence-electron chi connectivity index (χ2n) is 4.21. The van der Waals surface area contributed by atoms with E-state index in [0.717, 1.165) is 11.8 Å². The summed E-state index contributed by atoms with van der Waals surface area (Å²) in [6.07, 6.45) is 3.88. The van der Waals surface area contributed by atoms with E-state index in [1.165, 1.54) is 12.1 Å². The minimum atomic E-state index is -0.558. The van der Waals surface area contributed by atoms with Gasteiger partial charge in [0, 0.05) is 19.3 Å². The molecule has 0 fully saturated rings. The number of aryl methyl sites for hydroxylation is 1. The third-order valence-corrected chi connectivity index (χ3v) is 3.00. The van der Waals surface area contributed by atoms with Gasteiger partial charge in [-0.25, -0.2) is 13.8 Å². The molecule has 2 aromatic rings. The largest absolute Gasteiger partial charge is 0.336 e. The van der Waals surface area contributed by atoms with Crippen LogP contribution in [-0.4, -0.2) is 16.6 Å². The van der Waals surface area contributed by atoms with Gasteiger partial charge in [-0.15, -0.1) is 0 Å². The first-order valence-corrected chi connectivity index (χ1v) is 5.69. The first-order valence-electron chi connectivity index (χ1n) is 5.69. The monoisotopic (exact) mass is 251 g/mol. The van der Waals surface area contributed by atoms with Crippen molar-refractivity contribution in [3.8, 4) is 0 Å². The number of aromatic nitrogens is 2. The highest BCUT2D eigenvalue weighted by atomic mass is 19.1. The lowest BCUT2D eigenvalue weighted by Crippen LogP contribution is -2.21. The van der Waals surface area contributed by atoms with Crippen molar-refractivity contribution < 1.29 is 8.78 Å². The average molecular weight is 251 g/mol. The summed E-state index contributed by atoms with van der Waals surface area (Å²) in [6.45, 7) is 0. The molecule has 0 saturated carbocycles. The Bertz CT molecular complexity index is 537. The molecule has 1 aromatic carbocycles. The van der Waals surface area contributed by atoms with Crippen LogP contribution in [0.1, 0.15) is 17.3 Å². The summed E-state index contributed by atoms with van der Waals surface area (Å²) >= 11 is 0. The zero-order valence-electron chi connectivity index (χ0n) is 10.3. The summed E-state index contributed by atoms with van der Waals surface area (Å²) < 4.78 is 28.3. The number of hydrogen-bond acceptors (Lipinski definition) is 2. The number of likely N-dealkylation sites (N-methyl/N-ethyl adjacent to an activating group) is 1. The Labute approximate surface area is 104 Å². The minimum Gasteiger partial charge on any atom is -0.336 e. The fraction of sp³-hybridized carbons (Fsp3) is 0.308. The van der Waals surface area contributed by atoms with Crippen LogP contribution in [0.15, 0.2) is 30.7 Å². The summed E-state index contributed by atoms with van der Waals surface area (Å²) in [4.78, 5) is 4.04. The van der Waals surface area contributed by atoms with Crippen molar-refractivity contribution in [2.75, 3.05) is 7.05 Å². The van der Waals surface area contributed by atoms with Gasteiger partial charge in [-0.05, 0) is 25.1 Å². The first-order chi connectivity index (χ1) is 8.61. The number of benzene rings is 1. The van der Waals surface area contributed by atoms with Crippen LogP contribution in [0.5, 0.6) is 0 Å². The lowest BCUT2D eigenvalue weighted by Gasteiger charge is -2.17. The normalized spacial score (nSPS) is 12.7. The Morgan fingerprint density at radius 3 is 2.72 bits per heavy atom. The van der Waals surface area contributed by atoms with Crippen LogP contribution in [0.25, 0.3) is 0 Å². The lowest BCUT2D eigenvalue weighted by molar-refractivity contribution is 0.524. The molecular weight excluding hydrogens is 236 g/mol. The van der Waals surface area contributed by atoms with Crippen molar-refractivity contribution >= 4 is 0 Å². The van der Waals surface area contributed by atoms with Gasteiger partial charge in [0.2, 0.25) is 0 Å². The Morgan fingerprint density at radius 2 is 2.17 bits per heavy atom. The molecule has 2 rings (SSSR count). The van der Waals surface area contributed by atoms with Gasteiger partial charge in [0.05, 0.1) is 18.1 Å². The number of halogens is 2. The first kappa shape index (κ1) is 12.7. The van der Waals surface area contributed by atoms with E-state index in [-0.39, 0.29) is 6.04 Å². The van der Waals surface area contributed by atoms with Crippen molar-refractivity contribution in [3.63, 3.8) is 0 Å². The molecule has 5 heteroatoms. The van der Waals surface area contributed by atoms with Gasteiger partial charge < -0.3 is 9.88 Å². The Hall–Kier alpha value is -1.75. The molecular formula is C13H15F2N3. The molecule has 18 heavy (non-hydrogen) atoms. The van der Waals surface area contributed by atoms with E-state index in [9.17, 15) is 8.78 Å². The van der Waals surface area contributed by atoms with E-state index in [4.69, 9.17) is 0 Å². The van der Waals surface area contributed by atoms with Crippen molar-refractivity contribution in [2.24, 2.45) is 7.05 Å². The Morgan fingerprint density at radius 1 is 1.39 bits per heavy atom. The van der Waals surface area contributed by atoms with E-state index in [2.05, 4.69) is 10.3 Å². The highest BCUT2D eigenvalue weighted by molar-refractivity contribution is 5.21. The van der Waals surface area contributed by atoms with Crippen molar-refractivity contribution in [1.82, 2.24) is 14.9 Å². The lowest BCUT2D eigenvalue weighted by atomic mass is 10.0. The predicted octanol–water partition coefficient (Wildman–Crippen LogP) is 2.20. The van der Waals surface area contributed by atoms with Crippen LogP contribution in [-0.2, 0) is 13.5 Å². The SMILES string of the molecule is CNC(Cc1ccc(F)cc1F)c1cncn1C. The number of hydrogen-bond donors (Lipinski definition) is 1. The number of nitrogens with zero attached hydrogens (tertiary/aromatic N) is 2. The zero-order chi connectivity index (χ0) is 13.1. The van der Waals surface area contributed by atoms with E-state index < -0.39 is 11.6 Å². The van der Waals surface area contributed by atoms with Crippen LogP contribution in [0.2, 0.25) is 0 Å². The van der Waals surface area contributed by atoms with E-state index in [1.807, 2.05) is 11.6 Å².